The molecule has 1 aliphatic heterocycles. The average Bonchev–Trinajstić information content (AvgIpc) is 2.34. The number of carbonyl (C=O) groups excluding carboxylic acids is 2. The monoisotopic (exact) mass is 260 g/mol. The van der Waals surface area contributed by atoms with Crippen molar-refractivity contribution in [3.8, 4) is 0 Å². The van der Waals surface area contributed by atoms with Gasteiger partial charge in [0.2, 0.25) is 0 Å². The van der Waals surface area contributed by atoms with E-state index in [-0.39, 0.29) is 23.3 Å². The normalized spacial score (nSPS) is 46.6. The van der Waals surface area contributed by atoms with E-state index in [1.165, 1.54) is 0 Å². The van der Waals surface area contributed by atoms with Crippen molar-refractivity contribution >= 4 is 27.9 Å². The minimum Gasteiger partial charge on any atom is -0.392 e. The summed E-state index contributed by atoms with van der Waals surface area (Å²) >= 11 is 3.42. The topological polar surface area (TPSA) is 43.4 Å². The molecular formula is C10H13BrO3. The second-order valence-corrected chi connectivity index (χ2v) is 5.24. The lowest BCUT2D eigenvalue weighted by atomic mass is 9.64. The van der Waals surface area contributed by atoms with Crippen LogP contribution in [0.4, 0.5) is 0 Å². The van der Waals surface area contributed by atoms with Crippen LogP contribution in [0.1, 0.15) is 26.7 Å². The van der Waals surface area contributed by atoms with Crippen LogP contribution in [0, 0.1) is 16.7 Å². The van der Waals surface area contributed by atoms with Crippen LogP contribution in [0.3, 0.4) is 0 Å². The lowest BCUT2D eigenvalue weighted by Crippen LogP contribution is -2.52. The fourth-order valence-electron chi connectivity index (χ4n) is 2.65. The molecule has 1 unspecified atom stereocenters. The van der Waals surface area contributed by atoms with E-state index in [0.29, 0.717) is 5.33 Å². The van der Waals surface area contributed by atoms with Crippen molar-refractivity contribution in [1.82, 2.24) is 0 Å². The zero-order valence-electron chi connectivity index (χ0n) is 8.30. The molecule has 0 aromatic heterocycles. The summed E-state index contributed by atoms with van der Waals surface area (Å²) in [6.45, 7) is 3.90. The molecule has 0 aromatic rings. The van der Waals surface area contributed by atoms with Crippen molar-refractivity contribution in [3.05, 3.63) is 0 Å². The van der Waals surface area contributed by atoms with E-state index in [4.69, 9.17) is 4.74 Å². The van der Waals surface area contributed by atoms with Crippen molar-refractivity contribution in [2.75, 3.05) is 5.33 Å². The predicted molar refractivity (Wildman–Crippen MR) is 53.8 cm³/mol. The van der Waals surface area contributed by atoms with Crippen molar-refractivity contribution in [2.24, 2.45) is 16.7 Å². The fraction of sp³-hybridized carbons (Fsp3) is 0.800. The van der Waals surface area contributed by atoms with Crippen LogP contribution in [0.15, 0.2) is 0 Å². The van der Waals surface area contributed by atoms with Crippen LogP contribution in [0.25, 0.3) is 0 Å². The molecule has 2 rings (SSSR count). The Morgan fingerprint density at radius 1 is 1.50 bits per heavy atom. The second-order valence-electron chi connectivity index (χ2n) is 4.68. The van der Waals surface area contributed by atoms with E-state index in [1.54, 1.807) is 0 Å². The number of esters is 2. The first kappa shape index (κ1) is 10.1. The third-order valence-electron chi connectivity index (χ3n) is 4.17. The Bertz CT molecular complexity index is 314. The van der Waals surface area contributed by atoms with E-state index >= 15 is 0 Å². The van der Waals surface area contributed by atoms with Gasteiger partial charge in [-0.3, -0.25) is 9.59 Å². The number of hydrogen-bond acceptors (Lipinski definition) is 3. The molecule has 0 aromatic carbocycles. The SMILES string of the molecule is CC1(CBr)[C@H]2CC[C@]1(C)C(=O)OC2=O. The van der Waals surface area contributed by atoms with Crippen LogP contribution in [0.2, 0.25) is 0 Å². The Labute approximate surface area is 91.3 Å². The number of cyclic esters (lactones) is 2. The molecule has 3 atom stereocenters. The molecule has 0 radical (unpaired) electrons. The summed E-state index contributed by atoms with van der Waals surface area (Å²) in [5, 5.41) is 0.669. The van der Waals surface area contributed by atoms with E-state index < -0.39 is 5.41 Å². The molecule has 1 saturated heterocycles. The summed E-state index contributed by atoms with van der Waals surface area (Å²) in [5.74, 6) is -0.810. The maximum absolute atomic E-state index is 11.7. The number of fused-ring (bicyclic) bond motifs is 2. The highest BCUT2D eigenvalue weighted by molar-refractivity contribution is 9.09. The number of ether oxygens (including phenoxy) is 1. The summed E-state index contributed by atoms with van der Waals surface area (Å²) in [5.41, 5.74) is -0.769. The van der Waals surface area contributed by atoms with Crippen LogP contribution < -0.4 is 0 Å². The fourth-order valence-corrected chi connectivity index (χ4v) is 3.66. The maximum atomic E-state index is 11.7. The quantitative estimate of drug-likeness (QED) is 0.411. The molecular weight excluding hydrogens is 248 g/mol. The van der Waals surface area contributed by atoms with E-state index in [0.717, 1.165) is 12.8 Å². The number of alkyl halides is 1. The average molecular weight is 261 g/mol. The molecule has 2 fully saturated rings. The smallest absolute Gasteiger partial charge is 0.320 e. The predicted octanol–water partition coefficient (Wildman–Crippen LogP) is 1.89. The maximum Gasteiger partial charge on any atom is 0.320 e. The van der Waals surface area contributed by atoms with Gasteiger partial charge in [0.1, 0.15) is 0 Å². The van der Waals surface area contributed by atoms with Crippen molar-refractivity contribution in [2.45, 2.75) is 26.7 Å². The Balaban J connectivity index is 2.51. The minimum absolute atomic E-state index is 0.121. The van der Waals surface area contributed by atoms with E-state index in [2.05, 4.69) is 15.9 Å². The van der Waals surface area contributed by atoms with Gasteiger partial charge >= 0.3 is 11.9 Å². The lowest BCUT2D eigenvalue weighted by molar-refractivity contribution is -0.184. The molecule has 0 spiro atoms. The number of hydrogen-bond donors (Lipinski definition) is 0. The zero-order valence-corrected chi connectivity index (χ0v) is 9.89. The van der Waals surface area contributed by atoms with Crippen LogP contribution >= 0.6 is 15.9 Å². The lowest BCUT2D eigenvalue weighted by Gasteiger charge is -2.43. The Morgan fingerprint density at radius 2 is 2.14 bits per heavy atom. The Morgan fingerprint density at radius 3 is 2.71 bits per heavy atom. The van der Waals surface area contributed by atoms with Gasteiger partial charge in [-0.2, -0.15) is 0 Å². The van der Waals surface area contributed by atoms with Gasteiger partial charge in [-0.1, -0.05) is 22.9 Å². The first-order chi connectivity index (χ1) is 6.45. The standard InChI is InChI=1S/C10H13BrO3/c1-9-4-3-6(10(9,2)5-11)7(12)14-8(9)13/h6H,3-5H2,1-2H3/t6-,9+,10?/m0/s1. The van der Waals surface area contributed by atoms with Crippen molar-refractivity contribution in [1.29, 1.82) is 0 Å². The van der Waals surface area contributed by atoms with Gasteiger partial charge in [-0.25, -0.2) is 0 Å². The van der Waals surface area contributed by atoms with Crippen molar-refractivity contribution < 1.29 is 14.3 Å². The molecule has 2 bridgehead atoms. The highest BCUT2D eigenvalue weighted by atomic mass is 79.9. The summed E-state index contributed by atoms with van der Waals surface area (Å²) in [4.78, 5) is 23.2. The van der Waals surface area contributed by atoms with Crippen LogP contribution in [0.5, 0.6) is 0 Å². The van der Waals surface area contributed by atoms with Gasteiger partial charge in [0.25, 0.3) is 0 Å². The van der Waals surface area contributed by atoms with Gasteiger partial charge in [-0.15, -0.1) is 0 Å². The first-order valence-electron chi connectivity index (χ1n) is 4.78. The van der Waals surface area contributed by atoms with Crippen LogP contribution in [-0.2, 0) is 14.3 Å². The summed E-state index contributed by atoms with van der Waals surface area (Å²) in [6.07, 6.45) is 1.52. The molecule has 1 aliphatic carbocycles. The van der Waals surface area contributed by atoms with Gasteiger partial charge in [0.05, 0.1) is 11.3 Å². The Hall–Kier alpha value is -0.380. The van der Waals surface area contributed by atoms with Gasteiger partial charge in [-0.05, 0) is 19.8 Å². The zero-order chi connectivity index (χ0) is 10.6. The molecule has 1 saturated carbocycles. The highest BCUT2D eigenvalue weighted by Crippen LogP contribution is 2.60. The number of carbonyl (C=O) groups is 2. The Kier molecular flexibility index (Phi) is 2.04. The largest absolute Gasteiger partial charge is 0.392 e. The summed E-state index contributed by atoms with van der Waals surface area (Å²) in [7, 11) is 0. The van der Waals surface area contributed by atoms with Crippen LogP contribution in [-0.4, -0.2) is 17.3 Å². The third kappa shape index (κ3) is 0.926. The van der Waals surface area contributed by atoms with E-state index in [9.17, 15) is 9.59 Å². The summed E-state index contributed by atoms with van der Waals surface area (Å²) < 4.78 is 4.77. The molecule has 1 heterocycles. The molecule has 14 heavy (non-hydrogen) atoms. The van der Waals surface area contributed by atoms with Gasteiger partial charge in [0, 0.05) is 10.7 Å². The molecule has 0 N–H and O–H groups in total. The molecule has 0 amide bonds. The molecule has 3 nitrogen and oxygen atoms in total. The number of halogens is 1. The summed E-state index contributed by atoms with van der Waals surface area (Å²) in [6, 6.07) is 0. The van der Waals surface area contributed by atoms with E-state index in [1.807, 2.05) is 13.8 Å². The molecule has 4 heteroatoms. The highest BCUT2D eigenvalue weighted by Gasteiger charge is 2.65. The first-order valence-corrected chi connectivity index (χ1v) is 5.90. The number of rotatable bonds is 1. The van der Waals surface area contributed by atoms with Gasteiger partial charge in [0.15, 0.2) is 0 Å². The van der Waals surface area contributed by atoms with Crippen molar-refractivity contribution in [3.63, 3.8) is 0 Å². The van der Waals surface area contributed by atoms with Gasteiger partial charge < -0.3 is 4.74 Å². The minimum atomic E-state index is -0.491. The third-order valence-corrected chi connectivity index (χ3v) is 5.33. The molecule has 2 aliphatic rings. The molecule has 78 valence electrons. The second kappa shape index (κ2) is 2.81.